The molecule has 0 atom stereocenters. The smallest absolute Gasteiger partial charge is 0.251 e. The van der Waals surface area contributed by atoms with E-state index in [9.17, 15) is 13.2 Å². The number of nitrogens with one attached hydrogen (secondary N) is 2. The van der Waals surface area contributed by atoms with Gasteiger partial charge in [0.25, 0.3) is 5.91 Å². The molecule has 2 N–H and O–H groups in total. The van der Waals surface area contributed by atoms with Crippen molar-refractivity contribution < 1.29 is 13.2 Å². The summed E-state index contributed by atoms with van der Waals surface area (Å²) in [6, 6.07) is 5.99. The first-order valence-electron chi connectivity index (χ1n) is 6.61. The number of hydrogen-bond acceptors (Lipinski definition) is 4. The van der Waals surface area contributed by atoms with Gasteiger partial charge in [-0.2, -0.15) is 11.8 Å². The van der Waals surface area contributed by atoms with Gasteiger partial charge in [0.2, 0.25) is 10.0 Å². The van der Waals surface area contributed by atoms with E-state index in [1.807, 2.05) is 0 Å². The summed E-state index contributed by atoms with van der Waals surface area (Å²) in [6.45, 7) is 6.90. The molecule has 0 aromatic heterocycles. The minimum absolute atomic E-state index is 0.0849. The highest BCUT2D eigenvalue weighted by Gasteiger charge is 2.14. The highest BCUT2D eigenvalue weighted by atomic mass is 32.2. The van der Waals surface area contributed by atoms with E-state index in [0.29, 0.717) is 12.1 Å². The quantitative estimate of drug-likeness (QED) is 0.781. The molecular formula is C14H22N2O3S2. The molecule has 0 aliphatic heterocycles. The van der Waals surface area contributed by atoms with Crippen LogP contribution in [0, 0.1) is 0 Å². The van der Waals surface area contributed by atoms with Crippen molar-refractivity contribution in [2.75, 3.05) is 19.3 Å². The summed E-state index contributed by atoms with van der Waals surface area (Å²) >= 11 is 1.76. The number of thioether (sulfide) groups is 1. The van der Waals surface area contributed by atoms with Crippen molar-refractivity contribution in [2.24, 2.45) is 0 Å². The second kappa shape index (κ2) is 7.29. The first-order chi connectivity index (χ1) is 9.65. The summed E-state index contributed by atoms with van der Waals surface area (Å²) in [7, 11) is -2.19. The maximum absolute atomic E-state index is 12.0. The highest BCUT2D eigenvalue weighted by molar-refractivity contribution is 8.00. The van der Waals surface area contributed by atoms with E-state index in [-0.39, 0.29) is 15.5 Å². The van der Waals surface area contributed by atoms with E-state index in [1.54, 1.807) is 23.9 Å². The summed E-state index contributed by atoms with van der Waals surface area (Å²) in [4.78, 5) is 12.1. The number of sulfonamides is 1. The van der Waals surface area contributed by atoms with Crippen molar-refractivity contribution >= 4 is 27.7 Å². The molecule has 0 spiro atoms. The molecule has 1 amide bonds. The second-order valence-electron chi connectivity index (χ2n) is 5.45. The van der Waals surface area contributed by atoms with Crippen LogP contribution >= 0.6 is 11.8 Å². The SMILES string of the molecule is CNS(=O)(=O)c1cccc(C(=O)NCCSC(C)(C)C)c1. The Morgan fingerprint density at radius 1 is 1.29 bits per heavy atom. The molecule has 1 aromatic rings. The molecule has 118 valence electrons. The molecule has 0 saturated carbocycles. The van der Waals surface area contributed by atoms with Crippen LogP contribution in [0.25, 0.3) is 0 Å². The van der Waals surface area contributed by atoms with Gasteiger partial charge in [-0.25, -0.2) is 13.1 Å². The van der Waals surface area contributed by atoms with Crippen molar-refractivity contribution in [3.63, 3.8) is 0 Å². The van der Waals surface area contributed by atoms with Crippen LogP contribution in [0.15, 0.2) is 29.2 Å². The number of carbonyl (C=O) groups is 1. The fourth-order valence-corrected chi connectivity index (χ4v) is 3.14. The van der Waals surface area contributed by atoms with Crippen LogP contribution in [-0.2, 0) is 10.0 Å². The van der Waals surface area contributed by atoms with Gasteiger partial charge in [0.1, 0.15) is 0 Å². The van der Waals surface area contributed by atoms with E-state index in [1.165, 1.54) is 19.2 Å². The van der Waals surface area contributed by atoms with E-state index < -0.39 is 10.0 Å². The van der Waals surface area contributed by atoms with E-state index in [4.69, 9.17) is 0 Å². The van der Waals surface area contributed by atoms with Crippen LogP contribution in [-0.4, -0.2) is 38.4 Å². The zero-order chi connectivity index (χ0) is 16.1. The van der Waals surface area contributed by atoms with Gasteiger partial charge in [-0.15, -0.1) is 0 Å². The first-order valence-corrected chi connectivity index (χ1v) is 9.08. The van der Waals surface area contributed by atoms with Gasteiger partial charge < -0.3 is 5.32 Å². The number of hydrogen-bond donors (Lipinski definition) is 2. The molecule has 21 heavy (non-hydrogen) atoms. The number of carbonyl (C=O) groups excluding carboxylic acids is 1. The predicted molar refractivity (Wildman–Crippen MR) is 87.2 cm³/mol. The molecule has 0 bridgehead atoms. The number of rotatable bonds is 6. The minimum atomic E-state index is -3.53. The first kappa shape index (κ1) is 18.0. The minimum Gasteiger partial charge on any atom is -0.351 e. The average Bonchev–Trinajstić information content (AvgIpc) is 2.42. The highest BCUT2D eigenvalue weighted by Crippen LogP contribution is 2.22. The zero-order valence-corrected chi connectivity index (χ0v) is 14.4. The Hall–Kier alpha value is -1.05. The van der Waals surface area contributed by atoms with Crippen molar-refractivity contribution in [1.82, 2.24) is 10.0 Å². The van der Waals surface area contributed by atoms with Crippen LogP contribution in [0.4, 0.5) is 0 Å². The van der Waals surface area contributed by atoms with Crippen molar-refractivity contribution in [3.8, 4) is 0 Å². The van der Waals surface area contributed by atoms with Gasteiger partial charge in [-0.05, 0) is 25.2 Å². The molecular weight excluding hydrogens is 308 g/mol. The van der Waals surface area contributed by atoms with Crippen molar-refractivity contribution in [3.05, 3.63) is 29.8 Å². The number of amides is 1. The molecule has 0 aliphatic carbocycles. The van der Waals surface area contributed by atoms with Gasteiger partial charge in [-0.3, -0.25) is 4.79 Å². The molecule has 1 aromatic carbocycles. The lowest BCUT2D eigenvalue weighted by Gasteiger charge is -2.17. The normalized spacial score (nSPS) is 12.2. The predicted octanol–water partition coefficient (Wildman–Crippen LogP) is 1.86. The maximum Gasteiger partial charge on any atom is 0.251 e. The molecule has 0 radical (unpaired) electrons. The summed E-state index contributed by atoms with van der Waals surface area (Å²) in [6.07, 6.45) is 0. The van der Waals surface area contributed by atoms with Crippen LogP contribution in [0.2, 0.25) is 0 Å². The fraction of sp³-hybridized carbons (Fsp3) is 0.500. The maximum atomic E-state index is 12.0. The molecule has 0 fully saturated rings. The summed E-state index contributed by atoms with van der Waals surface area (Å²) in [5.41, 5.74) is 0.340. The van der Waals surface area contributed by atoms with Gasteiger partial charge in [0, 0.05) is 22.6 Å². The van der Waals surface area contributed by atoms with Gasteiger partial charge in [0.15, 0.2) is 0 Å². The summed E-state index contributed by atoms with van der Waals surface area (Å²) in [5, 5.41) is 2.79. The van der Waals surface area contributed by atoms with Crippen LogP contribution in [0.3, 0.4) is 0 Å². The average molecular weight is 330 g/mol. The lowest BCUT2D eigenvalue weighted by atomic mass is 10.2. The Morgan fingerprint density at radius 2 is 1.95 bits per heavy atom. The van der Waals surface area contributed by atoms with E-state index in [0.717, 1.165) is 5.75 Å². The van der Waals surface area contributed by atoms with Crippen molar-refractivity contribution in [1.29, 1.82) is 0 Å². The largest absolute Gasteiger partial charge is 0.351 e. The molecule has 0 aliphatic rings. The van der Waals surface area contributed by atoms with E-state index in [2.05, 4.69) is 30.8 Å². The topological polar surface area (TPSA) is 75.3 Å². The third kappa shape index (κ3) is 6.07. The lowest BCUT2D eigenvalue weighted by molar-refractivity contribution is 0.0956. The van der Waals surface area contributed by atoms with E-state index >= 15 is 0 Å². The Morgan fingerprint density at radius 3 is 2.52 bits per heavy atom. The Balaban J connectivity index is 2.65. The lowest BCUT2D eigenvalue weighted by Crippen LogP contribution is -2.27. The third-order valence-electron chi connectivity index (χ3n) is 2.60. The van der Waals surface area contributed by atoms with Crippen LogP contribution in [0.5, 0.6) is 0 Å². The summed E-state index contributed by atoms with van der Waals surface area (Å²) < 4.78 is 25.8. The monoisotopic (exact) mass is 330 g/mol. The molecule has 0 unspecified atom stereocenters. The number of benzene rings is 1. The molecule has 0 saturated heterocycles. The van der Waals surface area contributed by atoms with Gasteiger partial charge in [-0.1, -0.05) is 26.8 Å². The zero-order valence-electron chi connectivity index (χ0n) is 12.8. The van der Waals surface area contributed by atoms with Gasteiger partial charge >= 0.3 is 0 Å². The Bertz CT molecular complexity index is 592. The Kier molecular flexibility index (Phi) is 6.24. The molecule has 0 heterocycles. The van der Waals surface area contributed by atoms with Gasteiger partial charge in [0.05, 0.1) is 4.90 Å². The van der Waals surface area contributed by atoms with Crippen LogP contribution in [0.1, 0.15) is 31.1 Å². The van der Waals surface area contributed by atoms with Crippen molar-refractivity contribution in [2.45, 2.75) is 30.4 Å². The Labute approximate surface area is 130 Å². The molecule has 1 rings (SSSR count). The molecule has 5 nitrogen and oxygen atoms in total. The molecule has 7 heteroatoms. The van der Waals surface area contributed by atoms with Crippen LogP contribution < -0.4 is 10.0 Å². The summed E-state index contributed by atoms with van der Waals surface area (Å²) in [5.74, 6) is 0.543. The second-order valence-corrected chi connectivity index (χ2v) is 9.26. The standard InChI is InChI=1S/C14H22N2O3S2/c1-14(2,3)20-9-8-16-13(17)11-6-5-7-12(10-11)21(18,19)15-4/h5-7,10,15H,8-9H2,1-4H3,(H,16,17). The fourth-order valence-electron chi connectivity index (χ4n) is 1.55. The third-order valence-corrected chi connectivity index (χ3v) is 5.28.